The average molecular weight is 508 g/mol. The van der Waals surface area contributed by atoms with Crippen molar-refractivity contribution in [3.05, 3.63) is 54.6 Å². The number of likely N-dealkylation sites (tertiary alicyclic amines) is 1. The minimum absolute atomic E-state index is 0.00968. The zero-order valence-corrected chi connectivity index (χ0v) is 21.9. The van der Waals surface area contributed by atoms with Crippen LogP contribution in [0.25, 0.3) is 0 Å². The molecule has 4 heterocycles. The fourth-order valence-electron chi connectivity index (χ4n) is 6.94. The highest BCUT2D eigenvalue weighted by Crippen LogP contribution is 2.58. The first kappa shape index (κ1) is 25.7. The monoisotopic (exact) mass is 507 g/mol. The fraction of sp³-hybridized carbons (Fsp3) is 0.552. The summed E-state index contributed by atoms with van der Waals surface area (Å²) >= 11 is 0. The van der Waals surface area contributed by atoms with Crippen LogP contribution in [0, 0.1) is 11.8 Å². The number of ether oxygens (including phenoxy) is 1. The second-order valence-electron chi connectivity index (χ2n) is 10.6. The van der Waals surface area contributed by atoms with Crippen LogP contribution in [-0.4, -0.2) is 82.2 Å². The van der Waals surface area contributed by atoms with Gasteiger partial charge in [0.25, 0.3) is 0 Å². The molecule has 198 valence electrons. The van der Waals surface area contributed by atoms with Gasteiger partial charge in [-0.3, -0.25) is 14.4 Å². The van der Waals surface area contributed by atoms with Crippen LogP contribution in [0.15, 0.2) is 54.6 Å². The maximum absolute atomic E-state index is 14.3. The molecule has 0 radical (unpaired) electrons. The molecule has 3 amide bonds. The molecular weight excluding hydrogens is 470 g/mol. The second-order valence-corrected chi connectivity index (χ2v) is 10.6. The Labute approximate surface area is 218 Å². The summed E-state index contributed by atoms with van der Waals surface area (Å²) in [4.78, 5) is 47.6. The number of hydrogen-bond donors (Lipinski definition) is 1. The van der Waals surface area contributed by atoms with E-state index in [0.717, 1.165) is 18.5 Å². The first-order valence-corrected chi connectivity index (χ1v) is 13.5. The molecule has 1 N–H and O–H groups in total. The predicted molar refractivity (Wildman–Crippen MR) is 140 cm³/mol. The van der Waals surface area contributed by atoms with Crippen LogP contribution in [0.5, 0.6) is 0 Å². The predicted octanol–water partition coefficient (Wildman–Crippen LogP) is 2.53. The molecule has 8 heteroatoms. The summed E-state index contributed by atoms with van der Waals surface area (Å²) in [7, 11) is 0. The average Bonchev–Trinajstić information content (AvgIpc) is 3.17. The first-order valence-electron chi connectivity index (χ1n) is 13.5. The van der Waals surface area contributed by atoms with E-state index in [0.29, 0.717) is 19.5 Å². The lowest BCUT2D eigenvalue weighted by Crippen LogP contribution is -2.57. The Morgan fingerprint density at radius 1 is 1.00 bits per heavy atom. The quantitative estimate of drug-likeness (QED) is 0.573. The van der Waals surface area contributed by atoms with Gasteiger partial charge in [-0.25, -0.2) is 0 Å². The molecular formula is C29H37N3O5. The van der Waals surface area contributed by atoms with E-state index in [4.69, 9.17) is 4.74 Å². The van der Waals surface area contributed by atoms with E-state index in [1.807, 2.05) is 73.4 Å². The van der Waals surface area contributed by atoms with Crippen molar-refractivity contribution >= 4 is 23.4 Å². The number of fused-ring (bicyclic) bond motifs is 2. The summed E-state index contributed by atoms with van der Waals surface area (Å²) in [6, 6.07) is 8.49. The van der Waals surface area contributed by atoms with Gasteiger partial charge in [-0.05, 0) is 31.9 Å². The van der Waals surface area contributed by atoms with E-state index in [1.54, 1.807) is 4.90 Å². The van der Waals surface area contributed by atoms with E-state index in [2.05, 4.69) is 6.92 Å². The maximum Gasteiger partial charge on any atom is 0.249 e. The Bertz CT molecular complexity index is 1120. The topological polar surface area (TPSA) is 90.4 Å². The maximum atomic E-state index is 14.3. The van der Waals surface area contributed by atoms with Crippen LogP contribution < -0.4 is 4.90 Å². The summed E-state index contributed by atoms with van der Waals surface area (Å²) in [5.41, 5.74) is -1.55. The van der Waals surface area contributed by atoms with Gasteiger partial charge in [0.05, 0.1) is 24.0 Å². The number of aliphatic hydroxyl groups excluding tert-OH is 1. The largest absolute Gasteiger partial charge is 0.395 e. The van der Waals surface area contributed by atoms with Crippen LogP contribution in [0.1, 0.15) is 40.0 Å². The molecule has 1 spiro atoms. The lowest BCUT2D eigenvalue weighted by molar-refractivity contribution is -0.153. The summed E-state index contributed by atoms with van der Waals surface area (Å²) in [6.45, 7) is 6.59. The number of benzene rings is 1. The highest BCUT2D eigenvalue weighted by molar-refractivity contribution is 6.04. The first-order chi connectivity index (χ1) is 17.8. The van der Waals surface area contributed by atoms with Gasteiger partial charge in [-0.15, -0.1) is 0 Å². The molecule has 0 aromatic heterocycles. The van der Waals surface area contributed by atoms with Gasteiger partial charge in [-0.1, -0.05) is 62.8 Å². The number of anilines is 1. The van der Waals surface area contributed by atoms with Crippen molar-refractivity contribution in [2.45, 2.75) is 63.3 Å². The Morgan fingerprint density at radius 2 is 1.73 bits per heavy atom. The normalized spacial score (nSPS) is 33.8. The molecule has 8 nitrogen and oxygen atoms in total. The van der Waals surface area contributed by atoms with Crippen molar-refractivity contribution in [2.24, 2.45) is 11.8 Å². The molecule has 6 atom stereocenters. The van der Waals surface area contributed by atoms with Crippen molar-refractivity contribution in [1.29, 1.82) is 0 Å². The van der Waals surface area contributed by atoms with Gasteiger partial charge in [0, 0.05) is 31.4 Å². The summed E-state index contributed by atoms with van der Waals surface area (Å²) in [5.74, 6) is -2.34. The Morgan fingerprint density at radius 3 is 2.41 bits per heavy atom. The number of para-hydroxylation sites is 1. The Balaban J connectivity index is 1.64. The highest BCUT2D eigenvalue weighted by Gasteiger charge is 2.75. The molecule has 0 saturated carbocycles. The molecule has 37 heavy (non-hydrogen) atoms. The minimum atomic E-state index is -1.29. The van der Waals surface area contributed by atoms with Crippen LogP contribution >= 0.6 is 0 Å². The number of carbonyl (C=O) groups excluding carboxylic acids is 3. The molecule has 2 unspecified atom stereocenters. The Kier molecular flexibility index (Phi) is 6.75. The highest BCUT2D eigenvalue weighted by atomic mass is 16.5. The summed E-state index contributed by atoms with van der Waals surface area (Å²) < 4.78 is 6.92. The van der Waals surface area contributed by atoms with Crippen LogP contribution in [0.3, 0.4) is 0 Å². The number of nitrogens with zero attached hydrogens (tertiary/aromatic N) is 3. The third-order valence-corrected chi connectivity index (χ3v) is 8.62. The third kappa shape index (κ3) is 3.76. The fourth-order valence-corrected chi connectivity index (χ4v) is 6.94. The van der Waals surface area contributed by atoms with Gasteiger partial charge in [0.2, 0.25) is 17.7 Å². The van der Waals surface area contributed by atoms with Crippen molar-refractivity contribution < 1.29 is 24.2 Å². The van der Waals surface area contributed by atoms with E-state index in [9.17, 15) is 19.5 Å². The molecule has 4 aliphatic rings. The van der Waals surface area contributed by atoms with Crippen molar-refractivity contribution in [2.75, 3.05) is 31.1 Å². The van der Waals surface area contributed by atoms with E-state index in [-0.39, 0.29) is 36.9 Å². The molecule has 0 bridgehead atoms. The van der Waals surface area contributed by atoms with E-state index in [1.165, 1.54) is 4.90 Å². The van der Waals surface area contributed by atoms with Crippen molar-refractivity contribution in [3.8, 4) is 0 Å². The SMILES string of the molecule is CCCC(C)N1CC=C[C@]23O[C@@]4(CC)C=CCN(c5ccccc5)C(=O)[C@H]4[C@H]2C(=O)N(CCO)C3C1=O. The number of hydrogen-bond acceptors (Lipinski definition) is 5. The van der Waals surface area contributed by atoms with E-state index < -0.39 is 29.1 Å². The number of carbonyl (C=O) groups is 3. The zero-order chi connectivity index (χ0) is 26.4. The third-order valence-electron chi connectivity index (χ3n) is 8.62. The van der Waals surface area contributed by atoms with Gasteiger partial charge in [0.1, 0.15) is 11.6 Å². The molecule has 1 aromatic rings. The molecule has 5 rings (SSSR count). The molecule has 4 aliphatic heterocycles. The summed E-state index contributed by atoms with van der Waals surface area (Å²) in [5, 5.41) is 9.86. The lowest BCUT2D eigenvalue weighted by atomic mass is 9.73. The smallest absolute Gasteiger partial charge is 0.249 e. The Hall–Kier alpha value is -2.97. The lowest BCUT2D eigenvalue weighted by Gasteiger charge is -2.39. The van der Waals surface area contributed by atoms with E-state index >= 15 is 0 Å². The van der Waals surface area contributed by atoms with Crippen molar-refractivity contribution in [3.63, 3.8) is 0 Å². The van der Waals surface area contributed by atoms with Gasteiger partial charge in [-0.2, -0.15) is 0 Å². The molecule has 2 saturated heterocycles. The molecule has 2 fully saturated rings. The molecule has 0 aliphatic carbocycles. The van der Waals surface area contributed by atoms with Gasteiger partial charge in [0.15, 0.2) is 0 Å². The number of amides is 3. The second kappa shape index (κ2) is 9.72. The zero-order valence-electron chi connectivity index (χ0n) is 21.9. The van der Waals surface area contributed by atoms with Gasteiger partial charge < -0.3 is 24.5 Å². The van der Waals surface area contributed by atoms with Crippen LogP contribution in [0.4, 0.5) is 5.69 Å². The van der Waals surface area contributed by atoms with Crippen LogP contribution in [-0.2, 0) is 19.1 Å². The summed E-state index contributed by atoms with van der Waals surface area (Å²) in [6.07, 6.45) is 9.92. The van der Waals surface area contributed by atoms with Crippen molar-refractivity contribution in [1.82, 2.24) is 9.80 Å². The molecule has 1 aromatic carbocycles. The number of aliphatic hydroxyl groups is 1. The van der Waals surface area contributed by atoms with Gasteiger partial charge >= 0.3 is 0 Å². The van der Waals surface area contributed by atoms with Crippen LogP contribution in [0.2, 0.25) is 0 Å². The standard InChI is InChI=1S/C29H37N3O5/c1-4-11-20(3)30-16-10-15-29-23(26(35)32(18-19-33)24(29)27(30)36)22-25(34)31(21-12-7-6-8-13-21)17-9-14-28(22,5-2)37-29/h6-10,12-15,20,22-24,33H,4-5,11,16-19H2,1-3H3/t20?,22-,23+,24?,28+,29+/m1/s1. The number of β-amino-alcohol motifs (C(OH)–C–C–N with tert-alkyl or cyclic N) is 1. The minimum Gasteiger partial charge on any atom is -0.395 e. The number of rotatable bonds is 7.